The molecule has 0 bridgehead atoms. The van der Waals surface area contributed by atoms with Crippen LogP contribution < -0.4 is 0 Å². The van der Waals surface area contributed by atoms with Crippen molar-refractivity contribution in [3.63, 3.8) is 0 Å². The Morgan fingerprint density at radius 3 is 2.69 bits per heavy atom. The number of hydrogen-bond donors (Lipinski definition) is 1. The summed E-state index contributed by atoms with van der Waals surface area (Å²) in [5.74, 6) is 0.385. The largest absolute Gasteiger partial charge is 0.388 e. The number of hydrogen-bond acceptors (Lipinski definition) is 1. The summed E-state index contributed by atoms with van der Waals surface area (Å²) in [6, 6.07) is 4.36. The van der Waals surface area contributed by atoms with E-state index < -0.39 is 0 Å². The highest BCUT2D eigenvalue weighted by Gasteiger charge is 2.28. The molecule has 1 aromatic rings. The number of aryl methyl sites for hydroxylation is 2. The number of aliphatic hydroxyl groups is 1. The molecular weight excluding hydrogens is 160 g/mol. The Balaban J connectivity index is 2.57. The first-order chi connectivity index (χ1) is 6.09. The maximum atomic E-state index is 9.92. The summed E-state index contributed by atoms with van der Waals surface area (Å²) in [6.07, 6.45) is 0.787. The van der Waals surface area contributed by atoms with Gasteiger partial charge in [-0.2, -0.15) is 0 Å². The molecule has 0 radical (unpaired) electrons. The average molecular weight is 176 g/mol. The van der Waals surface area contributed by atoms with Gasteiger partial charge in [-0.3, -0.25) is 0 Å². The molecule has 0 heterocycles. The van der Waals surface area contributed by atoms with Crippen LogP contribution in [0.15, 0.2) is 12.1 Å². The lowest BCUT2D eigenvalue weighted by molar-refractivity contribution is 0.132. The molecule has 1 aliphatic rings. The van der Waals surface area contributed by atoms with Gasteiger partial charge in [-0.25, -0.2) is 0 Å². The third-order valence-electron chi connectivity index (χ3n) is 2.99. The third kappa shape index (κ3) is 1.28. The Bertz CT molecular complexity index is 341. The zero-order chi connectivity index (χ0) is 9.59. The van der Waals surface area contributed by atoms with Gasteiger partial charge in [-0.15, -0.1) is 0 Å². The summed E-state index contributed by atoms with van der Waals surface area (Å²) >= 11 is 0. The molecule has 0 aliphatic heterocycles. The van der Waals surface area contributed by atoms with Crippen molar-refractivity contribution in [2.45, 2.75) is 33.3 Å². The van der Waals surface area contributed by atoms with Gasteiger partial charge in [0.15, 0.2) is 0 Å². The molecule has 0 saturated carbocycles. The van der Waals surface area contributed by atoms with Crippen LogP contribution in [-0.2, 0) is 6.42 Å². The molecule has 2 rings (SSSR count). The van der Waals surface area contributed by atoms with Crippen molar-refractivity contribution in [2.24, 2.45) is 5.92 Å². The van der Waals surface area contributed by atoms with E-state index in [9.17, 15) is 5.11 Å². The van der Waals surface area contributed by atoms with Crippen LogP contribution in [0.1, 0.15) is 35.3 Å². The van der Waals surface area contributed by atoms with Gasteiger partial charge in [-0.1, -0.05) is 24.6 Å². The first kappa shape index (κ1) is 8.76. The average Bonchev–Trinajstić information content (AvgIpc) is 2.27. The van der Waals surface area contributed by atoms with Gasteiger partial charge in [0, 0.05) is 0 Å². The Labute approximate surface area is 79.4 Å². The summed E-state index contributed by atoms with van der Waals surface area (Å²) in [7, 11) is 0. The second-order valence-electron chi connectivity index (χ2n) is 4.28. The Kier molecular flexibility index (Phi) is 1.92. The van der Waals surface area contributed by atoms with E-state index in [2.05, 4.69) is 32.9 Å². The fraction of sp³-hybridized carbons (Fsp3) is 0.500. The van der Waals surface area contributed by atoms with Gasteiger partial charge < -0.3 is 5.11 Å². The monoisotopic (exact) mass is 176 g/mol. The van der Waals surface area contributed by atoms with Crippen molar-refractivity contribution in [3.05, 3.63) is 34.4 Å². The molecule has 2 atom stereocenters. The van der Waals surface area contributed by atoms with E-state index in [0.29, 0.717) is 5.92 Å². The van der Waals surface area contributed by atoms with Crippen LogP contribution in [0, 0.1) is 19.8 Å². The van der Waals surface area contributed by atoms with Crippen LogP contribution in [0.4, 0.5) is 0 Å². The molecule has 0 saturated heterocycles. The topological polar surface area (TPSA) is 20.2 Å². The van der Waals surface area contributed by atoms with Crippen molar-refractivity contribution in [1.29, 1.82) is 0 Å². The number of benzene rings is 1. The molecule has 13 heavy (non-hydrogen) atoms. The fourth-order valence-electron chi connectivity index (χ4n) is 2.40. The number of aliphatic hydroxyl groups excluding tert-OH is 1. The first-order valence-electron chi connectivity index (χ1n) is 4.87. The molecule has 0 amide bonds. The normalized spacial score (nSPS) is 26.2. The summed E-state index contributed by atoms with van der Waals surface area (Å²) in [5, 5.41) is 9.92. The number of rotatable bonds is 0. The van der Waals surface area contributed by atoms with E-state index >= 15 is 0 Å². The zero-order valence-corrected chi connectivity index (χ0v) is 8.46. The van der Waals surface area contributed by atoms with E-state index in [4.69, 9.17) is 0 Å². The highest BCUT2D eigenvalue weighted by Crippen LogP contribution is 2.38. The van der Waals surface area contributed by atoms with Gasteiger partial charge in [0.2, 0.25) is 0 Å². The predicted octanol–water partition coefficient (Wildman–Crippen LogP) is 2.53. The molecule has 70 valence electrons. The molecule has 1 aliphatic carbocycles. The molecule has 0 aromatic heterocycles. The highest BCUT2D eigenvalue weighted by molar-refractivity contribution is 5.43. The molecule has 1 aromatic carbocycles. The maximum Gasteiger partial charge on any atom is 0.0823 e. The Morgan fingerprint density at radius 1 is 1.31 bits per heavy atom. The predicted molar refractivity (Wildman–Crippen MR) is 53.7 cm³/mol. The fourth-order valence-corrected chi connectivity index (χ4v) is 2.40. The lowest BCUT2D eigenvalue weighted by atomic mass is 10.00. The summed E-state index contributed by atoms with van der Waals surface area (Å²) < 4.78 is 0. The lowest BCUT2D eigenvalue weighted by Crippen LogP contribution is -2.02. The quantitative estimate of drug-likeness (QED) is 0.644. The van der Waals surface area contributed by atoms with Gasteiger partial charge in [0.05, 0.1) is 6.10 Å². The van der Waals surface area contributed by atoms with Gasteiger partial charge in [0.25, 0.3) is 0 Å². The van der Waals surface area contributed by atoms with Gasteiger partial charge in [0.1, 0.15) is 0 Å². The maximum absolute atomic E-state index is 9.92. The minimum Gasteiger partial charge on any atom is -0.388 e. The van der Waals surface area contributed by atoms with Crippen LogP contribution in [0.3, 0.4) is 0 Å². The molecule has 1 heteroatoms. The molecule has 1 N–H and O–H groups in total. The molecule has 0 spiro atoms. The van der Waals surface area contributed by atoms with Crippen LogP contribution in [-0.4, -0.2) is 5.11 Å². The first-order valence-corrected chi connectivity index (χ1v) is 4.87. The van der Waals surface area contributed by atoms with Crippen LogP contribution in [0.2, 0.25) is 0 Å². The van der Waals surface area contributed by atoms with E-state index in [-0.39, 0.29) is 6.10 Å². The minimum atomic E-state index is -0.240. The molecule has 1 nitrogen and oxygen atoms in total. The van der Waals surface area contributed by atoms with Crippen molar-refractivity contribution in [2.75, 3.05) is 0 Å². The van der Waals surface area contributed by atoms with E-state index in [0.717, 1.165) is 6.42 Å². The smallest absolute Gasteiger partial charge is 0.0823 e. The minimum absolute atomic E-state index is 0.240. The van der Waals surface area contributed by atoms with E-state index in [1.54, 1.807) is 0 Å². The summed E-state index contributed by atoms with van der Waals surface area (Å²) in [6.45, 7) is 6.31. The van der Waals surface area contributed by atoms with Gasteiger partial charge in [-0.05, 0) is 42.9 Å². The van der Waals surface area contributed by atoms with Crippen LogP contribution in [0.5, 0.6) is 0 Å². The van der Waals surface area contributed by atoms with Crippen LogP contribution in [0.25, 0.3) is 0 Å². The van der Waals surface area contributed by atoms with Gasteiger partial charge >= 0.3 is 0 Å². The van der Waals surface area contributed by atoms with Crippen molar-refractivity contribution in [3.8, 4) is 0 Å². The van der Waals surface area contributed by atoms with Crippen molar-refractivity contribution >= 4 is 0 Å². The lowest BCUT2D eigenvalue weighted by Gasteiger charge is -2.11. The second-order valence-corrected chi connectivity index (χ2v) is 4.28. The molecular formula is C12H16O. The SMILES string of the molecule is Cc1cc(C)c2c(c1)CC(C)C2O. The van der Waals surface area contributed by atoms with Crippen LogP contribution >= 0.6 is 0 Å². The number of fused-ring (bicyclic) bond motifs is 1. The van der Waals surface area contributed by atoms with E-state index in [1.165, 1.54) is 22.3 Å². The summed E-state index contributed by atoms with van der Waals surface area (Å²) in [4.78, 5) is 0. The second kappa shape index (κ2) is 2.85. The van der Waals surface area contributed by atoms with Crippen molar-refractivity contribution in [1.82, 2.24) is 0 Å². The summed E-state index contributed by atoms with van der Waals surface area (Å²) in [5.41, 5.74) is 5.07. The Morgan fingerprint density at radius 2 is 2.00 bits per heavy atom. The Hall–Kier alpha value is -0.820. The zero-order valence-electron chi connectivity index (χ0n) is 8.46. The van der Waals surface area contributed by atoms with Crippen molar-refractivity contribution < 1.29 is 5.11 Å². The molecule has 0 fully saturated rings. The third-order valence-corrected chi connectivity index (χ3v) is 2.99. The van der Waals surface area contributed by atoms with E-state index in [1.807, 2.05) is 0 Å². The molecule has 2 unspecified atom stereocenters. The highest BCUT2D eigenvalue weighted by atomic mass is 16.3. The standard InChI is InChI=1S/C12H16O/c1-7-4-8(2)11-10(5-7)6-9(3)12(11)13/h4-5,9,12-13H,6H2,1-3H3.